The van der Waals surface area contributed by atoms with E-state index in [9.17, 15) is 9.18 Å². The molecule has 1 N–H and O–H groups in total. The lowest BCUT2D eigenvalue weighted by Gasteiger charge is -2.32. The number of carbonyl (C=O) groups excluding carboxylic acids is 1. The number of halogens is 1. The maximum absolute atomic E-state index is 13.1. The highest BCUT2D eigenvalue weighted by Crippen LogP contribution is 2.22. The highest BCUT2D eigenvalue weighted by atomic mass is 19.1. The van der Waals surface area contributed by atoms with E-state index in [1.165, 1.54) is 12.1 Å². The van der Waals surface area contributed by atoms with Gasteiger partial charge in [-0.15, -0.1) is 0 Å². The van der Waals surface area contributed by atoms with Crippen molar-refractivity contribution in [1.82, 2.24) is 9.88 Å². The minimum atomic E-state index is -0.396. The van der Waals surface area contributed by atoms with Crippen molar-refractivity contribution in [2.45, 2.75) is 6.10 Å². The van der Waals surface area contributed by atoms with E-state index < -0.39 is 5.82 Å². The Hall–Kier alpha value is -2.67. The first-order valence-electron chi connectivity index (χ1n) is 8.08. The van der Waals surface area contributed by atoms with Gasteiger partial charge in [0, 0.05) is 19.7 Å². The maximum atomic E-state index is 13.1. The molecule has 25 heavy (non-hydrogen) atoms. The van der Waals surface area contributed by atoms with E-state index in [0.717, 1.165) is 11.5 Å². The average molecular weight is 345 g/mol. The summed E-state index contributed by atoms with van der Waals surface area (Å²) < 4.78 is 24.3. The van der Waals surface area contributed by atoms with E-state index in [0.29, 0.717) is 25.4 Å². The Balaban J connectivity index is 1.59. The van der Waals surface area contributed by atoms with Gasteiger partial charge in [0.05, 0.1) is 18.8 Å². The van der Waals surface area contributed by atoms with Crippen LogP contribution in [-0.4, -0.2) is 49.1 Å². The number of pyridine rings is 1. The van der Waals surface area contributed by atoms with E-state index in [1.807, 2.05) is 18.2 Å². The molecular weight excluding hydrogens is 325 g/mol. The largest absolute Gasteiger partial charge is 0.484 e. The van der Waals surface area contributed by atoms with Gasteiger partial charge in [0.15, 0.2) is 6.61 Å². The number of nitrogens with zero attached hydrogens (tertiary/aromatic N) is 2. The molecule has 2 heterocycles. The Kier molecular flexibility index (Phi) is 5.45. The summed E-state index contributed by atoms with van der Waals surface area (Å²) in [6.45, 7) is 1.20. The molecule has 0 aliphatic carbocycles. The molecule has 1 saturated heterocycles. The van der Waals surface area contributed by atoms with E-state index in [1.54, 1.807) is 24.1 Å². The average Bonchev–Trinajstić information content (AvgIpc) is 2.66. The van der Waals surface area contributed by atoms with Gasteiger partial charge >= 0.3 is 0 Å². The van der Waals surface area contributed by atoms with E-state index >= 15 is 0 Å². The molecule has 0 spiro atoms. The smallest absolute Gasteiger partial charge is 0.260 e. The summed E-state index contributed by atoms with van der Waals surface area (Å²) in [5.74, 6) is 0.523. The predicted octanol–water partition coefficient (Wildman–Crippen LogP) is 2.24. The lowest BCUT2D eigenvalue weighted by Crippen LogP contribution is -2.44. The summed E-state index contributed by atoms with van der Waals surface area (Å²) >= 11 is 0. The monoisotopic (exact) mass is 345 g/mol. The van der Waals surface area contributed by atoms with Crippen LogP contribution in [0, 0.1) is 5.82 Å². The zero-order valence-electron chi connectivity index (χ0n) is 13.9. The number of nitrogens with one attached hydrogen (secondary N) is 1. The van der Waals surface area contributed by atoms with Crippen molar-refractivity contribution in [3.8, 4) is 5.75 Å². The van der Waals surface area contributed by atoms with Crippen molar-refractivity contribution in [3.63, 3.8) is 0 Å². The molecule has 1 amide bonds. The number of hydrogen-bond acceptors (Lipinski definition) is 5. The lowest BCUT2D eigenvalue weighted by atomic mass is 10.2. The third-order valence-electron chi connectivity index (χ3n) is 3.93. The molecule has 7 heteroatoms. The fourth-order valence-corrected chi connectivity index (χ4v) is 2.62. The van der Waals surface area contributed by atoms with Crippen molar-refractivity contribution < 1.29 is 18.7 Å². The molecule has 0 saturated carbocycles. The Labute approximate surface area is 145 Å². The summed E-state index contributed by atoms with van der Waals surface area (Å²) in [6, 6.07) is 11.4. The molecule has 0 radical (unpaired) electrons. The van der Waals surface area contributed by atoms with Crippen molar-refractivity contribution in [3.05, 3.63) is 54.0 Å². The molecule has 1 aliphatic heterocycles. The van der Waals surface area contributed by atoms with Crippen LogP contribution in [0.1, 0.15) is 11.8 Å². The van der Waals surface area contributed by atoms with Gasteiger partial charge in [-0.3, -0.25) is 4.79 Å². The molecule has 1 aromatic carbocycles. The minimum absolute atomic E-state index is 0.139. The van der Waals surface area contributed by atoms with Crippen LogP contribution >= 0.6 is 0 Å². The van der Waals surface area contributed by atoms with E-state index in [-0.39, 0.29) is 18.6 Å². The van der Waals surface area contributed by atoms with Gasteiger partial charge in [-0.05, 0) is 24.3 Å². The number of benzene rings is 1. The Morgan fingerprint density at radius 1 is 1.40 bits per heavy atom. The van der Waals surface area contributed by atoms with Gasteiger partial charge in [0.2, 0.25) is 0 Å². The third-order valence-corrected chi connectivity index (χ3v) is 3.93. The Bertz CT molecular complexity index is 741. The van der Waals surface area contributed by atoms with Crippen LogP contribution in [0.15, 0.2) is 42.5 Å². The Morgan fingerprint density at radius 2 is 2.24 bits per heavy atom. The molecule has 1 atom stereocenters. The zero-order valence-corrected chi connectivity index (χ0v) is 13.9. The topological polar surface area (TPSA) is 63.7 Å². The first-order chi connectivity index (χ1) is 12.2. The van der Waals surface area contributed by atoms with Gasteiger partial charge in [0.1, 0.15) is 23.5 Å². The molecule has 0 bridgehead atoms. The van der Waals surface area contributed by atoms with Crippen LogP contribution in [0.25, 0.3) is 0 Å². The second-order valence-corrected chi connectivity index (χ2v) is 5.64. The number of ether oxygens (including phenoxy) is 2. The number of aromatic nitrogens is 1. The van der Waals surface area contributed by atoms with Crippen LogP contribution in [0.3, 0.4) is 0 Å². The molecule has 1 aliphatic rings. The second-order valence-electron chi connectivity index (χ2n) is 5.64. The van der Waals surface area contributed by atoms with Crippen LogP contribution < -0.4 is 10.1 Å². The highest BCUT2D eigenvalue weighted by molar-refractivity contribution is 5.78. The highest BCUT2D eigenvalue weighted by Gasteiger charge is 2.26. The van der Waals surface area contributed by atoms with Crippen LogP contribution in [-0.2, 0) is 9.53 Å². The molecule has 0 unspecified atom stereocenters. The van der Waals surface area contributed by atoms with Gasteiger partial charge in [-0.25, -0.2) is 9.37 Å². The lowest BCUT2D eigenvalue weighted by molar-refractivity contribution is -0.141. The predicted molar refractivity (Wildman–Crippen MR) is 91.0 cm³/mol. The zero-order chi connectivity index (χ0) is 17.6. The molecule has 3 rings (SSSR count). The van der Waals surface area contributed by atoms with Crippen molar-refractivity contribution in [2.24, 2.45) is 0 Å². The van der Waals surface area contributed by atoms with Gasteiger partial charge in [-0.2, -0.15) is 0 Å². The minimum Gasteiger partial charge on any atom is -0.484 e. The molecule has 1 fully saturated rings. The second kappa shape index (κ2) is 7.94. The third kappa shape index (κ3) is 4.45. The number of hydrogen-bond donors (Lipinski definition) is 1. The molecule has 2 aromatic rings. The Morgan fingerprint density at radius 3 is 3.04 bits per heavy atom. The number of amides is 1. The van der Waals surface area contributed by atoms with Crippen LogP contribution in [0.4, 0.5) is 10.2 Å². The SMILES string of the molecule is CNc1cccc([C@@H]2CN(C(=O)COc3cccc(F)c3)CCO2)n1. The number of anilines is 1. The molecule has 6 nitrogen and oxygen atoms in total. The van der Waals surface area contributed by atoms with E-state index in [4.69, 9.17) is 9.47 Å². The van der Waals surface area contributed by atoms with Crippen molar-refractivity contribution in [2.75, 3.05) is 38.7 Å². The fourth-order valence-electron chi connectivity index (χ4n) is 2.62. The molecular formula is C18H20FN3O3. The van der Waals surface area contributed by atoms with E-state index in [2.05, 4.69) is 10.3 Å². The summed E-state index contributed by atoms with van der Waals surface area (Å²) in [6.07, 6.45) is -0.278. The standard InChI is InChI=1S/C18H20FN3O3/c1-20-17-7-3-6-15(21-17)16-11-22(8-9-24-16)18(23)12-25-14-5-2-4-13(19)10-14/h2-7,10,16H,8-9,11-12H2,1H3,(H,20,21)/t16-/m0/s1. The summed E-state index contributed by atoms with van der Waals surface area (Å²) in [5, 5.41) is 2.99. The fraction of sp³-hybridized carbons (Fsp3) is 0.333. The van der Waals surface area contributed by atoms with Crippen LogP contribution in [0.2, 0.25) is 0 Å². The normalized spacial score (nSPS) is 17.2. The molecule has 132 valence electrons. The van der Waals surface area contributed by atoms with Crippen LogP contribution in [0.5, 0.6) is 5.75 Å². The van der Waals surface area contributed by atoms with Gasteiger partial charge in [0.25, 0.3) is 5.91 Å². The van der Waals surface area contributed by atoms with Crippen molar-refractivity contribution in [1.29, 1.82) is 0 Å². The first kappa shape index (κ1) is 17.2. The maximum Gasteiger partial charge on any atom is 0.260 e. The van der Waals surface area contributed by atoms with Gasteiger partial charge < -0.3 is 19.7 Å². The number of carbonyl (C=O) groups is 1. The van der Waals surface area contributed by atoms with Gasteiger partial charge in [-0.1, -0.05) is 12.1 Å². The van der Waals surface area contributed by atoms with Crippen molar-refractivity contribution >= 4 is 11.7 Å². The number of morpholine rings is 1. The first-order valence-corrected chi connectivity index (χ1v) is 8.08. The summed E-state index contributed by atoms with van der Waals surface area (Å²) in [5.41, 5.74) is 0.774. The molecule has 1 aromatic heterocycles. The summed E-state index contributed by atoms with van der Waals surface area (Å²) in [7, 11) is 1.80. The summed E-state index contributed by atoms with van der Waals surface area (Å²) in [4.78, 5) is 18.5. The number of rotatable bonds is 5. The quantitative estimate of drug-likeness (QED) is 0.900.